The van der Waals surface area contributed by atoms with Gasteiger partial charge in [0.15, 0.2) is 0 Å². The Morgan fingerprint density at radius 2 is 1.71 bits per heavy atom. The molecular weight excluding hydrogens is 187 g/mol. The number of carboxylic acid groups (broad SMARTS) is 1. The second-order valence-corrected chi connectivity index (χ2v) is 3.12. The molecule has 0 heterocycles. The average Bonchev–Trinajstić information content (AvgIpc) is 2.08. The fraction of sp³-hybridized carbons (Fsp3) is 0.364. The predicted octanol–water partition coefficient (Wildman–Crippen LogP) is -2.06. The molecule has 70 valence electrons. The minimum Gasteiger partial charge on any atom is -0.550 e. The van der Waals surface area contributed by atoms with Gasteiger partial charge in [0, 0.05) is 12.4 Å². The molecule has 3 heteroatoms. The zero-order valence-corrected chi connectivity index (χ0v) is 10.7. The summed E-state index contributed by atoms with van der Waals surface area (Å²) in [6.45, 7) is 2.12. The normalized spacial score (nSPS) is 9.21. The molecule has 0 saturated heterocycles. The summed E-state index contributed by atoms with van der Waals surface area (Å²) >= 11 is 0. The Kier molecular flexibility index (Phi) is 6.89. The van der Waals surface area contributed by atoms with Gasteiger partial charge in [-0.15, -0.1) is 0 Å². The van der Waals surface area contributed by atoms with Gasteiger partial charge in [-0.05, 0) is 17.5 Å². The zero-order chi connectivity index (χ0) is 9.68. The van der Waals surface area contributed by atoms with Gasteiger partial charge in [0.05, 0.1) is 0 Å². The van der Waals surface area contributed by atoms with Crippen LogP contribution >= 0.6 is 0 Å². The maximum atomic E-state index is 10.3. The first-order valence-corrected chi connectivity index (χ1v) is 4.50. The van der Waals surface area contributed by atoms with Crippen LogP contribution in [0.4, 0.5) is 0 Å². The summed E-state index contributed by atoms with van der Waals surface area (Å²) in [6.07, 6.45) is 2.16. The number of rotatable bonds is 4. The summed E-state index contributed by atoms with van der Waals surface area (Å²) in [4.78, 5) is 10.3. The molecule has 0 unspecified atom stereocenters. The van der Waals surface area contributed by atoms with E-state index in [1.165, 1.54) is 5.56 Å². The average molecular weight is 200 g/mol. The van der Waals surface area contributed by atoms with Crippen molar-refractivity contribution in [2.75, 3.05) is 0 Å². The number of aliphatic carboxylic acids is 1. The molecule has 0 atom stereocenters. The quantitative estimate of drug-likeness (QED) is 0.524. The van der Waals surface area contributed by atoms with Crippen LogP contribution in [0.15, 0.2) is 24.3 Å². The number of aryl methyl sites for hydroxylation is 1. The van der Waals surface area contributed by atoms with Gasteiger partial charge in [-0.1, -0.05) is 37.6 Å². The molecule has 0 aliphatic heterocycles. The van der Waals surface area contributed by atoms with Crippen molar-refractivity contribution in [2.24, 2.45) is 0 Å². The summed E-state index contributed by atoms with van der Waals surface area (Å²) < 4.78 is 0. The van der Waals surface area contributed by atoms with Crippen molar-refractivity contribution in [1.29, 1.82) is 0 Å². The van der Waals surface area contributed by atoms with Gasteiger partial charge >= 0.3 is 29.6 Å². The van der Waals surface area contributed by atoms with E-state index in [0.29, 0.717) is 0 Å². The van der Waals surface area contributed by atoms with Crippen molar-refractivity contribution in [3.05, 3.63) is 35.4 Å². The third kappa shape index (κ3) is 4.80. The molecule has 0 radical (unpaired) electrons. The Balaban J connectivity index is 0.00000169. The summed E-state index contributed by atoms with van der Waals surface area (Å²) in [5.74, 6) is -1.02. The van der Waals surface area contributed by atoms with Crippen LogP contribution in [-0.2, 0) is 17.6 Å². The largest absolute Gasteiger partial charge is 1.00 e. The van der Waals surface area contributed by atoms with Crippen LogP contribution in [0.25, 0.3) is 0 Å². The van der Waals surface area contributed by atoms with Crippen LogP contribution in [-0.4, -0.2) is 5.97 Å². The Labute approximate surface area is 107 Å². The first kappa shape index (κ1) is 13.7. The Morgan fingerprint density at radius 3 is 2.14 bits per heavy atom. The topological polar surface area (TPSA) is 40.1 Å². The Hall–Kier alpha value is -0.310. The van der Waals surface area contributed by atoms with Crippen LogP contribution in [0.2, 0.25) is 0 Å². The van der Waals surface area contributed by atoms with E-state index in [9.17, 15) is 9.90 Å². The minimum absolute atomic E-state index is 0. The van der Waals surface area contributed by atoms with E-state index < -0.39 is 5.97 Å². The molecule has 0 bridgehead atoms. The standard InChI is InChI=1S/C11H14O2.Na/c1-2-3-9-4-6-10(7-5-9)8-11(12)13;/h4-7H,2-3,8H2,1H3,(H,12,13);/q;+1/p-1. The van der Waals surface area contributed by atoms with Gasteiger partial charge in [-0.3, -0.25) is 0 Å². The molecule has 0 spiro atoms. The first-order chi connectivity index (χ1) is 6.22. The van der Waals surface area contributed by atoms with Gasteiger partial charge in [0.25, 0.3) is 0 Å². The number of carboxylic acids is 1. The minimum atomic E-state index is -1.02. The molecule has 0 aromatic heterocycles. The van der Waals surface area contributed by atoms with E-state index in [1.54, 1.807) is 0 Å². The van der Waals surface area contributed by atoms with Gasteiger partial charge in [-0.25, -0.2) is 0 Å². The van der Waals surface area contributed by atoms with Crippen molar-refractivity contribution in [3.8, 4) is 0 Å². The van der Waals surface area contributed by atoms with Crippen LogP contribution in [0.5, 0.6) is 0 Å². The molecule has 0 aliphatic carbocycles. The molecule has 0 aliphatic rings. The maximum absolute atomic E-state index is 10.3. The predicted molar refractivity (Wildman–Crippen MR) is 49.1 cm³/mol. The van der Waals surface area contributed by atoms with E-state index in [4.69, 9.17) is 0 Å². The van der Waals surface area contributed by atoms with E-state index >= 15 is 0 Å². The second kappa shape index (κ2) is 7.04. The van der Waals surface area contributed by atoms with E-state index in [2.05, 4.69) is 6.92 Å². The van der Waals surface area contributed by atoms with Crippen LogP contribution in [0, 0.1) is 0 Å². The van der Waals surface area contributed by atoms with E-state index in [1.807, 2.05) is 24.3 Å². The second-order valence-electron chi connectivity index (χ2n) is 3.12. The molecule has 14 heavy (non-hydrogen) atoms. The summed E-state index contributed by atoms with van der Waals surface area (Å²) in [7, 11) is 0. The molecular formula is C11H13NaO2. The van der Waals surface area contributed by atoms with E-state index in [0.717, 1.165) is 18.4 Å². The summed E-state index contributed by atoms with van der Waals surface area (Å²) in [5, 5.41) is 10.3. The molecule has 0 fully saturated rings. The third-order valence-electron chi connectivity index (χ3n) is 1.91. The summed E-state index contributed by atoms with van der Waals surface area (Å²) in [6, 6.07) is 7.64. The number of hydrogen-bond acceptors (Lipinski definition) is 2. The molecule has 1 aromatic carbocycles. The molecule has 0 saturated carbocycles. The molecule has 0 amide bonds. The van der Waals surface area contributed by atoms with Gasteiger partial charge in [0.1, 0.15) is 0 Å². The number of benzene rings is 1. The fourth-order valence-electron chi connectivity index (χ4n) is 1.28. The third-order valence-corrected chi connectivity index (χ3v) is 1.91. The maximum Gasteiger partial charge on any atom is 1.00 e. The first-order valence-electron chi connectivity index (χ1n) is 4.50. The van der Waals surface area contributed by atoms with Gasteiger partial charge < -0.3 is 9.90 Å². The monoisotopic (exact) mass is 200 g/mol. The van der Waals surface area contributed by atoms with Crippen LogP contribution in [0.3, 0.4) is 0 Å². The smallest absolute Gasteiger partial charge is 0.550 e. The SMILES string of the molecule is CCCc1ccc(CC(=O)[O-])cc1.[Na+]. The van der Waals surface area contributed by atoms with Crippen molar-refractivity contribution in [1.82, 2.24) is 0 Å². The Morgan fingerprint density at radius 1 is 1.21 bits per heavy atom. The fourth-order valence-corrected chi connectivity index (χ4v) is 1.28. The van der Waals surface area contributed by atoms with Crippen molar-refractivity contribution >= 4 is 5.97 Å². The molecule has 1 aromatic rings. The molecule has 1 rings (SSSR count). The van der Waals surface area contributed by atoms with E-state index in [-0.39, 0.29) is 36.0 Å². The molecule has 2 nitrogen and oxygen atoms in total. The van der Waals surface area contributed by atoms with Crippen LogP contribution < -0.4 is 34.7 Å². The van der Waals surface area contributed by atoms with Crippen LogP contribution in [0.1, 0.15) is 24.5 Å². The number of carbonyl (C=O) groups excluding carboxylic acids is 1. The number of carbonyl (C=O) groups is 1. The van der Waals surface area contributed by atoms with Gasteiger partial charge in [0.2, 0.25) is 0 Å². The van der Waals surface area contributed by atoms with Gasteiger partial charge in [-0.2, -0.15) is 0 Å². The Bertz CT molecular complexity index is 280. The van der Waals surface area contributed by atoms with Crippen molar-refractivity contribution in [3.63, 3.8) is 0 Å². The molecule has 0 N–H and O–H groups in total. The summed E-state index contributed by atoms with van der Waals surface area (Å²) in [5.41, 5.74) is 2.06. The van der Waals surface area contributed by atoms with Crippen molar-refractivity contribution < 1.29 is 39.5 Å². The van der Waals surface area contributed by atoms with Crippen molar-refractivity contribution in [2.45, 2.75) is 26.2 Å². The zero-order valence-electron chi connectivity index (χ0n) is 8.75. The number of hydrogen-bond donors (Lipinski definition) is 0.